The number of hydrogen-bond acceptors (Lipinski definition) is 2. The number of aromatic amines is 1. The first-order chi connectivity index (χ1) is 8.79. The highest BCUT2D eigenvalue weighted by atomic mass is 79.9. The van der Waals surface area contributed by atoms with E-state index in [2.05, 4.69) is 25.9 Å². The van der Waals surface area contributed by atoms with Gasteiger partial charge in [-0.2, -0.15) is 0 Å². The number of carbonyl (C=O) groups is 1. The highest BCUT2D eigenvalue weighted by molar-refractivity contribution is 9.10. The predicted molar refractivity (Wildman–Crippen MR) is 74.6 cm³/mol. The molecule has 0 aliphatic rings. The van der Waals surface area contributed by atoms with E-state index >= 15 is 0 Å². The van der Waals surface area contributed by atoms with Gasteiger partial charge in [0.1, 0.15) is 0 Å². The molecule has 0 atom stereocenters. The molecule has 18 heavy (non-hydrogen) atoms. The number of aromatic nitrogens is 2. The van der Waals surface area contributed by atoms with Crippen molar-refractivity contribution in [3.63, 3.8) is 0 Å². The Bertz CT molecular complexity index is 719. The standard InChI is InChI=1S/C14H9BrN2O/c15-10-3-4-13-11(6-10)12(8-18)14(17-13)9-2-1-5-16-7-9/h1-8,17H. The van der Waals surface area contributed by atoms with Gasteiger partial charge in [0.15, 0.2) is 6.29 Å². The molecular formula is C14H9BrN2O. The Morgan fingerprint density at radius 1 is 1.28 bits per heavy atom. The summed E-state index contributed by atoms with van der Waals surface area (Å²) >= 11 is 3.42. The summed E-state index contributed by atoms with van der Waals surface area (Å²) in [5, 5.41) is 0.915. The summed E-state index contributed by atoms with van der Waals surface area (Å²) in [4.78, 5) is 18.7. The van der Waals surface area contributed by atoms with Crippen LogP contribution in [0, 0.1) is 0 Å². The third kappa shape index (κ3) is 1.75. The third-order valence-corrected chi connectivity index (χ3v) is 3.36. The minimum Gasteiger partial charge on any atom is -0.354 e. The topological polar surface area (TPSA) is 45.8 Å². The Morgan fingerprint density at radius 2 is 2.17 bits per heavy atom. The summed E-state index contributed by atoms with van der Waals surface area (Å²) < 4.78 is 0.954. The summed E-state index contributed by atoms with van der Waals surface area (Å²) in [6.45, 7) is 0. The number of nitrogens with one attached hydrogen (secondary N) is 1. The Labute approximate surface area is 112 Å². The molecule has 0 radical (unpaired) electrons. The molecule has 4 heteroatoms. The van der Waals surface area contributed by atoms with Gasteiger partial charge in [-0.05, 0) is 30.3 Å². The third-order valence-electron chi connectivity index (χ3n) is 2.87. The Balaban J connectivity index is 2.33. The highest BCUT2D eigenvalue weighted by Gasteiger charge is 2.12. The Kier molecular flexibility index (Phi) is 2.72. The summed E-state index contributed by atoms with van der Waals surface area (Å²) in [6.07, 6.45) is 4.34. The molecule has 0 bridgehead atoms. The fourth-order valence-electron chi connectivity index (χ4n) is 2.05. The number of carbonyl (C=O) groups excluding carboxylic acids is 1. The zero-order valence-electron chi connectivity index (χ0n) is 9.35. The summed E-state index contributed by atoms with van der Waals surface area (Å²) in [6, 6.07) is 9.62. The van der Waals surface area contributed by atoms with Crippen molar-refractivity contribution in [1.29, 1.82) is 0 Å². The largest absolute Gasteiger partial charge is 0.354 e. The van der Waals surface area contributed by atoms with Gasteiger partial charge in [0.05, 0.1) is 5.69 Å². The van der Waals surface area contributed by atoms with Gasteiger partial charge < -0.3 is 4.98 Å². The molecule has 0 unspecified atom stereocenters. The van der Waals surface area contributed by atoms with Crippen molar-refractivity contribution in [1.82, 2.24) is 9.97 Å². The molecule has 0 aliphatic carbocycles. The number of aldehydes is 1. The van der Waals surface area contributed by atoms with Gasteiger partial charge in [0.2, 0.25) is 0 Å². The van der Waals surface area contributed by atoms with Gasteiger partial charge in [-0.15, -0.1) is 0 Å². The lowest BCUT2D eigenvalue weighted by Gasteiger charge is -1.97. The molecule has 2 aromatic heterocycles. The normalized spacial score (nSPS) is 10.7. The van der Waals surface area contributed by atoms with Crippen molar-refractivity contribution >= 4 is 33.1 Å². The van der Waals surface area contributed by atoms with E-state index < -0.39 is 0 Å². The van der Waals surface area contributed by atoms with Crippen LogP contribution >= 0.6 is 15.9 Å². The molecule has 3 rings (SSSR count). The number of nitrogens with zero attached hydrogens (tertiary/aromatic N) is 1. The van der Waals surface area contributed by atoms with E-state index in [4.69, 9.17) is 0 Å². The lowest BCUT2D eigenvalue weighted by atomic mass is 10.1. The maximum Gasteiger partial charge on any atom is 0.152 e. The van der Waals surface area contributed by atoms with Gasteiger partial charge in [-0.1, -0.05) is 15.9 Å². The molecule has 3 aromatic rings. The molecule has 3 nitrogen and oxygen atoms in total. The number of benzene rings is 1. The molecule has 0 fully saturated rings. The van der Waals surface area contributed by atoms with E-state index in [0.29, 0.717) is 5.56 Å². The Morgan fingerprint density at radius 3 is 2.89 bits per heavy atom. The second kappa shape index (κ2) is 4.38. The maximum atomic E-state index is 11.3. The predicted octanol–water partition coefficient (Wildman–Crippen LogP) is 3.80. The quantitative estimate of drug-likeness (QED) is 0.732. The van der Waals surface area contributed by atoms with Gasteiger partial charge in [0.25, 0.3) is 0 Å². The molecule has 88 valence electrons. The van der Waals surface area contributed by atoms with Crippen molar-refractivity contribution < 1.29 is 4.79 Å². The average Bonchev–Trinajstić information content (AvgIpc) is 2.77. The molecule has 1 aromatic carbocycles. The van der Waals surface area contributed by atoms with E-state index in [-0.39, 0.29) is 0 Å². The zero-order valence-corrected chi connectivity index (χ0v) is 10.9. The van der Waals surface area contributed by atoms with Crippen molar-refractivity contribution in [3.8, 4) is 11.3 Å². The number of rotatable bonds is 2. The molecule has 0 amide bonds. The van der Waals surface area contributed by atoms with Crippen molar-refractivity contribution in [3.05, 3.63) is 52.8 Å². The van der Waals surface area contributed by atoms with Crippen molar-refractivity contribution in [2.45, 2.75) is 0 Å². The van der Waals surface area contributed by atoms with Gasteiger partial charge in [-0.25, -0.2) is 0 Å². The minimum atomic E-state index is 0.666. The number of hydrogen-bond donors (Lipinski definition) is 1. The monoisotopic (exact) mass is 300 g/mol. The second-order valence-corrected chi connectivity index (χ2v) is 4.88. The van der Waals surface area contributed by atoms with E-state index in [1.54, 1.807) is 12.4 Å². The van der Waals surface area contributed by atoms with Crippen LogP contribution in [0.3, 0.4) is 0 Å². The van der Waals surface area contributed by atoms with Gasteiger partial charge >= 0.3 is 0 Å². The van der Waals surface area contributed by atoms with E-state index in [9.17, 15) is 4.79 Å². The average molecular weight is 301 g/mol. The smallest absolute Gasteiger partial charge is 0.152 e. The first-order valence-electron chi connectivity index (χ1n) is 5.46. The first-order valence-corrected chi connectivity index (χ1v) is 6.25. The molecule has 0 saturated heterocycles. The first kappa shape index (κ1) is 11.2. The zero-order chi connectivity index (χ0) is 12.5. The van der Waals surface area contributed by atoms with E-state index in [0.717, 1.165) is 32.9 Å². The van der Waals surface area contributed by atoms with E-state index in [1.165, 1.54) is 0 Å². The van der Waals surface area contributed by atoms with Crippen LogP contribution in [0.2, 0.25) is 0 Å². The van der Waals surface area contributed by atoms with E-state index in [1.807, 2.05) is 30.3 Å². The summed E-state index contributed by atoms with van der Waals surface area (Å²) in [7, 11) is 0. The van der Waals surface area contributed by atoms with Crippen molar-refractivity contribution in [2.24, 2.45) is 0 Å². The van der Waals surface area contributed by atoms with Crippen LogP contribution in [0.5, 0.6) is 0 Å². The van der Waals surface area contributed by atoms with Crippen LogP contribution in [0.25, 0.3) is 22.2 Å². The minimum absolute atomic E-state index is 0.666. The fraction of sp³-hybridized carbons (Fsp3) is 0. The van der Waals surface area contributed by atoms with Crippen LogP contribution < -0.4 is 0 Å². The maximum absolute atomic E-state index is 11.3. The summed E-state index contributed by atoms with van der Waals surface area (Å²) in [5.74, 6) is 0. The van der Waals surface area contributed by atoms with Crippen molar-refractivity contribution in [2.75, 3.05) is 0 Å². The summed E-state index contributed by atoms with van der Waals surface area (Å²) in [5.41, 5.74) is 3.33. The van der Waals surface area contributed by atoms with Crippen LogP contribution in [0.15, 0.2) is 47.2 Å². The lowest BCUT2D eigenvalue weighted by molar-refractivity contribution is 0.112. The van der Waals surface area contributed by atoms with Gasteiger partial charge in [0, 0.05) is 38.9 Å². The highest BCUT2D eigenvalue weighted by Crippen LogP contribution is 2.30. The molecule has 0 aliphatic heterocycles. The molecule has 2 heterocycles. The Hall–Kier alpha value is -1.94. The molecule has 0 saturated carbocycles. The lowest BCUT2D eigenvalue weighted by Crippen LogP contribution is -1.84. The van der Waals surface area contributed by atoms with Crippen LogP contribution in [0.4, 0.5) is 0 Å². The SMILES string of the molecule is O=Cc1c(-c2cccnc2)[nH]c2ccc(Br)cc12. The van der Waals surface area contributed by atoms with Crippen LogP contribution in [0.1, 0.15) is 10.4 Å². The molecular weight excluding hydrogens is 292 g/mol. The fourth-order valence-corrected chi connectivity index (χ4v) is 2.41. The number of H-pyrrole nitrogens is 1. The second-order valence-electron chi connectivity index (χ2n) is 3.96. The number of fused-ring (bicyclic) bond motifs is 1. The van der Waals surface area contributed by atoms with Crippen LogP contribution in [-0.4, -0.2) is 16.3 Å². The van der Waals surface area contributed by atoms with Gasteiger partial charge in [-0.3, -0.25) is 9.78 Å². The van der Waals surface area contributed by atoms with Crippen LogP contribution in [-0.2, 0) is 0 Å². The molecule has 1 N–H and O–H groups in total. The number of halogens is 1. The molecule has 0 spiro atoms. The number of pyridine rings is 1.